The van der Waals surface area contributed by atoms with Gasteiger partial charge in [-0.1, -0.05) is 22.6 Å². The quantitative estimate of drug-likeness (QED) is 0.542. The molecule has 0 aromatic heterocycles. The van der Waals surface area contributed by atoms with Crippen LogP contribution >= 0.6 is 22.6 Å². The van der Waals surface area contributed by atoms with Crippen molar-refractivity contribution in [1.82, 2.24) is 0 Å². The molecule has 1 aliphatic carbocycles. The van der Waals surface area contributed by atoms with Crippen molar-refractivity contribution in [3.05, 3.63) is 4.43 Å². The fourth-order valence-corrected chi connectivity index (χ4v) is 0.941. The number of halogens is 1. The third-order valence-corrected chi connectivity index (χ3v) is 1.82. The zero-order valence-corrected chi connectivity index (χ0v) is 5.10. The molecule has 29 valence electrons. The predicted octanol–water partition coefficient (Wildman–Crippen LogP) is 1.99. The summed E-state index contributed by atoms with van der Waals surface area (Å²) in [6.07, 6.45) is 2.89. The fraction of sp³-hybridized carbons (Fsp3) is 0.750. The molecule has 0 nitrogen and oxygen atoms in total. The van der Waals surface area contributed by atoms with Crippen molar-refractivity contribution in [2.75, 3.05) is 0 Å². The van der Waals surface area contributed by atoms with E-state index < -0.39 is 0 Å². The van der Waals surface area contributed by atoms with Crippen molar-refractivity contribution in [1.29, 1.82) is 0 Å². The average molecular weight is 181 g/mol. The van der Waals surface area contributed by atoms with Crippen LogP contribution in [0.1, 0.15) is 12.8 Å². The van der Waals surface area contributed by atoms with Gasteiger partial charge in [-0.3, -0.25) is 0 Å². The maximum Gasteiger partial charge on any atom is 0.0258 e. The van der Waals surface area contributed by atoms with Gasteiger partial charge in [-0.2, -0.15) is 0 Å². The number of hydrogen-bond acceptors (Lipinski definition) is 0. The van der Waals surface area contributed by atoms with Crippen LogP contribution < -0.4 is 0 Å². The Morgan fingerprint density at radius 2 is 2.20 bits per heavy atom. The van der Waals surface area contributed by atoms with Crippen LogP contribution in [0.4, 0.5) is 0 Å². The van der Waals surface area contributed by atoms with Crippen molar-refractivity contribution in [3.63, 3.8) is 0 Å². The molecule has 1 heteroatoms. The molecule has 0 saturated heterocycles. The summed E-state index contributed by atoms with van der Waals surface area (Å²) in [5.41, 5.74) is 0. The predicted molar refractivity (Wildman–Crippen MR) is 31.0 cm³/mol. The Hall–Kier alpha value is 0.730. The molecular weight excluding hydrogens is 175 g/mol. The Bertz CT molecular complexity index is 30.6. The lowest BCUT2D eigenvalue weighted by Gasteiger charge is -1.69. The summed E-state index contributed by atoms with van der Waals surface area (Å²) in [4.78, 5) is 0. The van der Waals surface area contributed by atoms with E-state index in [1.165, 1.54) is 12.8 Å². The second kappa shape index (κ2) is 1.45. The van der Waals surface area contributed by atoms with E-state index in [1.807, 2.05) is 0 Å². The molecule has 1 rings (SSSR count). The summed E-state index contributed by atoms with van der Waals surface area (Å²) in [7, 11) is 0. The van der Waals surface area contributed by atoms with Gasteiger partial charge in [0, 0.05) is 4.43 Å². The molecule has 0 atom stereocenters. The Balaban J connectivity index is 2.00. The van der Waals surface area contributed by atoms with Crippen LogP contribution in [0.25, 0.3) is 0 Å². The molecule has 0 aromatic rings. The molecule has 5 heavy (non-hydrogen) atoms. The van der Waals surface area contributed by atoms with Gasteiger partial charge in [-0.25, -0.2) is 0 Å². The molecule has 0 spiro atoms. The summed E-state index contributed by atoms with van der Waals surface area (Å²) >= 11 is 2.31. The molecule has 1 aliphatic rings. The second-order valence-electron chi connectivity index (χ2n) is 1.46. The van der Waals surface area contributed by atoms with Crippen molar-refractivity contribution >= 4 is 22.6 Å². The minimum absolute atomic E-state index is 0.996. The zero-order valence-electron chi connectivity index (χ0n) is 2.95. The van der Waals surface area contributed by atoms with Crippen LogP contribution in [0.15, 0.2) is 0 Å². The van der Waals surface area contributed by atoms with Crippen LogP contribution in [0, 0.1) is 10.3 Å². The first-order valence-electron chi connectivity index (χ1n) is 1.87. The molecule has 0 unspecified atom stereocenters. The Labute approximate surface area is 46.1 Å². The van der Waals surface area contributed by atoms with E-state index in [0.29, 0.717) is 0 Å². The smallest absolute Gasteiger partial charge is 0.0258 e. The molecule has 1 fully saturated rings. The molecule has 1 saturated carbocycles. The zero-order chi connectivity index (χ0) is 3.70. The van der Waals surface area contributed by atoms with Gasteiger partial charge in [0.2, 0.25) is 0 Å². The van der Waals surface area contributed by atoms with E-state index in [2.05, 4.69) is 27.0 Å². The lowest BCUT2D eigenvalue weighted by atomic mass is 10.5. The summed E-state index contributed by atoms with van der Waals surface area (Å²) in [5, 5.41) is 0. The number of hydrogen-bond donors (Lipinski definition) is 0. The number of rotatable bonds is 1. The normalized spacial score (nSPS) is 23.4. The maximum absolute atomic E-state index is 2.31. The average Bonchev–Trinajstić information content (AvgIpc) is 2.12. The first-order chi connectivity index (χ1) is 2.43. The van der Waals surface area contributed by atoms with Gasteiger partial charge in [0.1, 0.15) is 0 Å². The van der Waals surface area contributed by atoms with Gasteiger partial charge in [-0.05, 0) is 18.8 Å². The molecule has 0 amide bonds. The van der Waals surface area contributed by atoms with Crippen LogP contribution in [0.5, 0.6) is 0 Å². The minimum Gasteiger partial charge on any atom is -0.0812 e. The third-order valence-electron chi connectivity index (χ3n) is 0.800. The third kappa shape index (κ3) is 1.07. The van der Waals surface area contributed by atoms with E-state index >= 15 is 0 Å². The van der Waals surface area contributed by atoms with Gasteiger partial charge >= 0.3 is 0 Å². The van der Waals surface area contributed by atoms with E-state index in [4.69, 9.17) is 0 Å². The standard InChI is InChI=1S/C4H6I/c5-3-4-1-2-4/h3-4H,1-2H2. The van der Waals surface area contributed by atoms with Crippen LogP contribution in [0.2, 0.25) is 0 Å². The van der Waals surface area contributed by atoms with E-state index in [9.17, 15) is 0 Å². The molecule has 0 bridgehead atoms. The molecule has 0 aliphatic heterocycles. The minimum atomic E-state index is 0.996. The van der Waals surface area contributed by atoms with Crippen molar-refractivity contribution < 1.29 is 0 Å². The molecule has 0 heterocycles. The van der Waals surface area contributed by atoms with Gasteiger partial charge in [0.15, 0.2) is 0 Å². The summed E-state index contributed by atoms with van der Waals surface area (Å²) in [6.45, 7) is 0. The highest BCUT2D eigenvalue weighted by Crippen LogP contribution is 2.33. The summed E-state index contributed by atoms with van der Waals surface area (Å²) < 4.78 is 2.25. The summed E-state index contributed by atoms with van der Waals surface area (Å²) in [6, 6.07) is 0. The highest BCUT2D eigenvalue weighted by Gasteiger charge is 2.18. The Morgan fingerprint density at radius 1 is 1.60 bits per heavy atom. The second-order valence-corrected chi connectivity index (χ2v) is 2.18. The van der Waals surface area contributed by atoms with Crippen molar-refractivity contribution in [3.8, 4) is 0 Å². The SMILES string of the molecule is I[CH]C1CC1. The van der Waals surface area contributed by atoms with Gasteiger partial charge in [0.05, 0.1) is 0 Å². The molecule has 0 N–H and O–H groups in total. The van der Waals surface area contributed by atoms with Crippen LogP contribution in [-0.2, 0) is 0 Å². The van der Waals surface area contributed by atoms with Gasteiger partial charge in [0.25, 0.3) is 0 Å². The lowest BCUT2D eigenvalue weighted by Crippen LogP contribution is -1.55. The van der Waals surface area contributed by atoms with Crippen molar-refractivity contribution in [2.45, 2.75) is 12.8 Å². The maximum atomic E-state index is 2.31. The van der Waals surface area contributed by atoms with Crippen molar-refractivity contribution in [2.24, 2.45) is 5.92 Å². The highest BCUT2D eigenvalue weighted by atomic mass is 127. The molecule has 0 aromatic carbocycles. The lowest BCUT2D eigenvalue weighted by molar-refractivity contribution is 1.11. The monoisotopic (exact) mass is 181 g/mol. The molecule has 1 radical (unpaired) electrons. The van der Waals surface area contributed by atoms with Gasteiger partial charge in [-0.15, -0.1) is 0 Å². The topological polar surface area (TPSA) is 0 Å². The first kappa shape index (κ1) is 3.90. The fourth-order valence-electron chi connectivity index (χ4n) is 0.222. The Morgan fingerprint density at radius 3 is 2.20 bits per heavy atom. The van der Waals surface area contributed by atoms with E-state index in [1.54, 1.807) is 0 Å². The van der Waals surface area contributed by atoms with Crippen LogP contribution in [-0.4, -0.2) is 0 Å². The largest absolute Gasteiger partial charge is 0.0812 e. The van der Waals surface area contributed by atoms with E-state index in [0.717, 1.165) is 5.92 Å². The Kier molecular flexibility index (Phi) is 1.13. The van der Waals surface area contributed by atoms with E-state index in [-0.39, 0.29) is 0 Å². The summed E-state index contributed by atoms with van der Waals surface area (Å²) in [5.74, 6) is 0.996. The van der Waals surface area contributed by atoms with Gasteiger partial charge < -0.3 is 0 Å². The molecular formula is C4H6I. The first-order valence-corrected chi connectivity index (χ1v) is 3.11. The van der Waals surface area contributed by atoms with Crippen LogP contribution in [0.3, 0.4) is 0 Å². The highest BCUT2D eigenvalue weighted by molar-refractivity contribution is 14.1.